The molecule has 1 aromatic heterocycles. The van der Waals surface area contributed by atoms with Gasteiger partial charge in [0.1, 0.15) is 6.61 Å². The van der Waals surface area contributed by atoms with Gasteiger partial charge in [-0.1, -0.05) is 24.3 Å². The summed E-state index contributed by atoms with van der Waals surface area (Å²) in [4.78, 5) is 20.8. The smallest absolute Gasteiger partial charge is 0.249 e. The van der Waals surface area contributed by atoms with Gasteiger partial charge < -0.3 is 14.5 Å². The van der Waals surface area contributed by atoms with E-state index in [1.807, 2.05) is 24.0 Å². The normalized spacial score (nSPS) is 23.9. The quantitative estimate of drug-likeness (QED) is 0.796. The van der Waals surface area contributed by atoms with Crippen LogP contribution in [0, 0.1) is 24.6 Å². The number of amides is 1. The van der Waals surface area contributed by atoms with Gasteiger partial charge in [-0.05, 0) is 31.0 Å². The lowest BCUT2D eigenvalue weighted by Crippen LogP contribution is -2.38. The molecule has 2 saturated heterocycles. The van der Waals surface area contributed by atoms with Crippen LogP contribution in [0.5, 0.6) is 0 Å². The van der Waals surface area contributed by atoms with Crippen molar-refractivity contribution in [2.24, 2.45) is 11.8 Å². The molecule has 3 heterocycles. The van der Waals surface area contributed by atoms with E-state index in [4.69, 9.17) is 4.74 Å². The standard InChI is InChI=1S/C22H26FN3O2/c1-3-28-14-21(27)26-12-16-11-25(20-8-9-24-10-19(20)23)13-18(16)22(26)17-7-5-4-6-15(17)2/h4-10,16,18,22H,3,11-14H2,1-2H3/t16-,18-,22+/m0/s1. The van der Waals surface area contributed by atoms with Crippen molar-refractivity contribution in [2.45, 2.75) is 19.9 Å². The first-order chi connectivity index (χ1) is 13.6. The molecule has 0 N–H and O–H groups in total. The maximum Gasteiger partial charge on any atom is 0.249 e. The number of pyridine rings is 1. The Balaban J connectivity index is 1.63. The van der Waals surface area contributed by atoms with Gasteiger partial charge in [0.25, 0.3) is 0 Å². The minimum Gasteiger partial charge on any atom is -0.372 e. The van der Waals surface area contributed by atoms with Crippen LogP contribution in [0.3, 0.4) is 0 Å². The van der Waals surface area contributed by atoms with E-state index in [1.165, 1.54) is 17.3 Å². The zero-order chi connectivity index (χ0) is 19.7. The van der Waals surface area contributed by atoms with Gasteiger partial charge in [-0.3, -0.25) is 9.78 Å². The van der Waals surface area contributed by atoms with Crippen LogP contribution in [0.2, 0.25) is 0 Å². The highest BCUT2D eigenvalue weighted by Crippen LogP contribution is 2.46. The van der Waals surface area contributed by atoms with Crippen LogP contribution in [-0.2, 0) is 9.53 Å². The van der Waals surface area contributed by atoms with E-state index < -0.39 is 0 Å². The zero-order valence-electron chi connectivity index (χ0n) is 16.3. The number of halogens is 1. The van der Waals surface area contributed by atoms with E-state index in [1.54, 1.807) is 12.3 Å². The van der Waals surface area contributed by atoms with E-state index in [2.05, 4.69) is 28.9 Å². The largest absolute Gasteiger partial charge is 0.372 e. The Morgan fingerprint density at radius 1 is 1.25 bits per heavy atom. The molecule has 0 unspecified atom stereocenters. The molecule has 0 saturated carbocycles. The lowest BCUT2D eigenvalue weighted by Gasteiger charge is -2.31. The fraction of sp³-hybridized carbons (Fsp3) is 0.455. The lowest BCUT2D eigenvalue weighted by molar-refractivity contribution is -0.137. The van der Waals surface area contributed by atoms with Gasteiger partial charge in [0.2, 0.25) is 5.91 Å². The Kier molecular flexibility index (Phi) is 5.31. The SMILES string of the molecule is CCOCC(=O)N1C[C@@H]2CN(c3ccncc3F)C[C@@H]2[C@H]1c1ccccc1C. The number of nitrogens with zero attached hydrogens (tertiary/aromatic N) is 3. The van der Waals surface area contributed by atoms with Crippen LogP contribution in [-0.4, -0.2) is 48.6 Å². The van der Waals surface area contributed by atoms with Crippen molar-refractivity contribution in [3.05, 3.63) is 59.7 Å². The molecule has 28 heavy (non-hydrogen) atoms. The summed E-state index contributed by atoms with van der Waals surface area (Å²) >= 11 is 0. The molecule has 0 aliphatic carbocycles. The number of hydrogen-bond acceptors (Lipinski definition) is 4. The highest BCUT2D eigenvalue weighted by Gasteiger charge is 2.49. The number of aromatic nitrogens is 1. The first-order valence-corrected chi connectivity index (χ1v) is 9.87. The number of anilines is 1. The van der Waals surface area contributed by atoms with Crippen molar-refractivity contribution < 1.29 is 13.9 Å². The van der Waals surface area contributed by atoms with E-state index in [9.17, 15) is 9.18 Å². The Morgan fingerprint density at radius 2 is 2.07 bits per heavy atom. The number of aryl methyl sites for hydroxylation is 1. The molecule has 2 fully saturated rings. The minimum absolute atomic E-state index is 0.00551. The third-order valence-corrected chi connectivity index (χ3v) is 6.01. The molecule has 2 aliphatic heterocycles. The number of fused-ring (bicyclic) bond motifs is 1. The minimum atomic E-state index is -0.292. The maximum atomic E-state index is 14.3. The summed E-state index contributed by atoms with van der Waals surface area (Å²) in [7, 11) is 0. The summed E-state index contributed by atoms with van der Waals surface area (Å²) in [6, 6.07) is 9.97. The van der Waals surface area contributed by atoms with Crippen LogP contribution in [0.15, 0.2) is 42.7 Å². The zero-order valence-corrected chi connectivity index (χ0v) is 16.3. The van der Waals surface area contributed by atoms with E-state index in [0.717, 1.165) is 13.1 Å². The molecular formula is C22H26FN3O2. The monoisotopic (exact) mass is 383 g/mol. The molecule has 2 aliphatic rings. The van der Waals surface area contributed by atoms with Gasteiger partial charge in [-0.15, -0.1) is 0 Å². The van der Waals surface area contributed by atoms with Crippen molar-refractivity contribution in [2.75, 3.05) is 37.7 Å². The second kappa shape index (κ2) is 7.87. The predicted molar refractivity (Wildman–Crippen MR) is 106 cm³/mol. The number of rotatable bonds is 5. The summed E-state index contributed by atoms with van der Waals surface area (Å²) in [6.07, 6.45) is 2.89. The molecule has 4 rings (SSSR count). The van der Waals surface area contributed by atoms with Crippen LogP contribution in [0.1, 0.15) is 24.1 Å². The van der Waals surface area contributed by atoms with Gasteiger partial charge >= 0.3 is 0 Å². The molecule has 1 amide bonds. The number of benzene rings is 1. The number of carbonyl (C=O) groups is 1. The third kappa shape index (κ3) is 3.37. The maximum absolute atomic E-state index is 14.3. The molecule has 2 aromatic rings. The summed E-state index contributed by atoms with van der Waals surface area (Å²) in [5.41, 5.74) is 2.95. The van der Waals surface area contributed by atoms with Gasteiger partial charge in [-0.2, -0.15) is 0 Å². The molecule has 6 heteroatoms. The van der Waals surface area contributed by atoms with Crippen molar-refractivity contribution in [1.82, 2.24) is 9.88 Å². The molecule has 0 radical (unpaired) electrons. The first kappa shape index (κ1) is 18.9. The Morgan fingerprint density at radius 3 is 2.82 bits per heavy atom. The van der Waals surface area contributed by atoms with Gasteiger partial charge in [0, 0.05) is 44.3 Å². The highest BCUT2D eigenvalue weighted by molar-refractivity contribution is 5.78. The average molecular weight is 383 g/mol. The van der Waals surface area contributed by atoms with Crippen molar-refractivity contribution in [3.8, 4) is 0 Å². The van der Waals surface area contributed by atoms with E-state index in [0.29, 0.717) is 24.8 Å². The fourth-order valence-electron chi connectivity index (χ4n) is 4.71. The van der Waals surface area contributed by atoms with Crippen LogP contribution < -0.4 is 4.90 Å². The highest BCUT2D eigenvalue weighted by atomic mass is 19.1. The van der Waals surface area contributed by atoms with E-state index in [-0.39, 0.29) is 30.3 Å². The van der Waals surface area contributed by atoms with E-state index >= 15 is 0 Å². The number of carbonyl (C=O) groups excluding carboxylic acids is 1. The number of ether oxygens (including phenoxy) is 1. The molecule has 148 valence electrons. The van der Waals surface area contributed by atoms with Crippen LogP contribution in [0.4, 0.5) is 10.1 Å². The molecule has 0 bridgehead atoms. The molecule has 5 nitrogen and oxygen atoms in total. The predicted octanol–water partition coefficient (Wildman–Crippen LogP) is 3.20. The summed E-state index contributed by atoms with van der Waals surface area (Å²) in [6.45, 7) is 6.76. The topological polar surface area (TPSA) is 45.7 Å². The Labute approximate surface area is 165 Å². The number of hydrogen-bond donors (Lipinski definition) is 0. The summed E-state index contributed by atoms with van der Waals surface area (Å²) < 4.78 is 19.7. The Hall–Kier alpha value is -2.47. The second-order valence-corrected chi connectivity index (χ2v) is 7.64. The third-order valence-electron chi connectivity index (χ3n) is 6.01. The van der Waals surface area contributed by atoms with Gasteiger partial charge in [0.15, 0.2) is 5.82 Å². The van der Waals surface area contributed by atoms with Crippen molar-refractivity contribution in [3.63, 3.8) is 0 Å². The van der Waals surface area contributed by atoms with Gasteiger partial charge in [-0.25, -0.2) is 4.39 Å². The van der Waals surface area contributed by atoms with Gasteiger partial charge in [0.05, 0.1) is 17.9 Å². The van der Waals surface area contributed by atoms with Crippen molar-refractivity contribution in [1.29, 1.82) is 0 Å². The van der Waals surface area contributed by atoms with Crippen LogP contribution in [0.25, 0.3) is 0 Å². The second-order valence-electron chi connectivity index (χ2n) is 7.64. The number of likely N-dealkylation sites (tertiary alicyclic amines) is 1. The Bertz CT molecular complexity index is 859. The molecule has 0 spiro atoms. The molecule has 3 atom stereocenters. The van der Waals surface area contributed by atoms with Crippen LogP contribution >= 0.6 is 0 Å². The lowest BCUT2D eigenvalue weighted by atomic mass is 9.87. The fourth-order valence-corrected chi connectivity index (χ4v) is 4.71. The summed E-state index contributed by atoms with van der Waals surface area (Å²) in [5, 5.41) is 0. The first-order valence-electron chi connectivity index (χ1n) is 9.87. The van der Waals surface area contributed by atoms with Crippen molar-refractivity contribution >= 4 is 11.6 Å². The molecule has 1 aromatic carbocycles. The average Bonchev–Trinajstić information content (AvgIpc) is 3.25. The summed E-state index contributed by atoms with van der Waals surface area (Å²) in [5.74, 6) is 0.312. The molecular weight excluding hydrogens is 357 g/mol.